The van der Waals surface area contributed by atoms with Crippen molar-refractivity contribution in [2.45, 2.75) is 83.4 Å². The second-order valence-electron chi connectivity index (χ2n) is 8.79. The zero-order chi connectivity index (χ0) is 20.6. The standard InChI is InChI=1S/C24H34N4O2/c29-24(14-13-20-8-4-5-9-20)28-16-7-6-10-22(28)15-17-27-18-21(25-26-27)19-30-23-11-2-1-3-12-23/h1-3,11-12,18,20,22H,4-10,13-17,19H2. The smallest absolute Gasteiger partial charge is 0.222 e. The topological polar surface area (TPSA) is 60.2 Å². The van der Waals surface area contributed by atoms with Crippen LogP contribution in [-0.2, 0) is 17.9 Å². The molecule has 2 fully saturated rings. The van der Waals surface area contributed by atoms with Crippen LogP contribution in [0, 0.1) is 5.92 Å². The number of hydrogen-bond donors (Lipinski definition) is 0. The molecule has 162 valence electrons. The highest BCUT2D eigenvalue weighted by atomic mass is 16.5. The van der Waals surface area contributed by atoms with Gasteiger partial charge in [-0.15, -0.1) is 5.10 Å². The number of aromatic nitrogens is 3. The number of ether oxygens (including phenoxy) is 1. The lowest BCUT2D eigenvalue weighted by atomic mass is 9.97. The van der Waals surface area contributed by atoms with Crippen LogP contribution < -0.4 is 4.74 Å². The first kappa shape index (κ1) is 20.9. The largest absolute Gasteiger partial charge is 0.487 e. The Hall–Kier alpha value is -2.37. The molecule has 1 aromatic heterocycles. The van der Waals surface area contributed by atoms with E-state index in [0.717, 1.165) is 62.6 Å². The minimum Gasteiger partial charge on any atom is -0.487 e. The van der Waals surface area contributed by atoms with Gasteiger partial charge in [0.05, 0.1) is 6.20 Å². The Morgan fingerprint density at radius 2 is 1.83 bits per heavy atom. The van der Waals surface area contributed by atoms with E-state index in [4.69, 9.17) is 4.74 Å². The van der Waals surface area contributed by atoms with Crippen LogP contribution in [-0.4, -0.2) is 38.4 Å². The summed E-state index contributed by atoms with van der Waals surface area (Å²) in [5.41, 5.74) is 0.826. The number of likely N-dealkylation sites (tertiary alicyclic amines) is 1. The number of rotatable bonds is 9. The van der Waals surface area contributed by atoms with Crippen LogP contribution in [0.5, 0.6) is 5.75 Å². The lowest BCUT2D eigenvalue weighted by Crippen LogP contribution is -2.44. The molecule has 0 radical (unpaired) electrons. The van der Waals surface area contributed by atoms with Gasteiger partial charge in [-0.3, -0.25) is 9.48 Å². The van der Waals surface area contributed by atoms with Crippen molar-refractivity contribution in [3.05, 3.63) is 42.2 Å². The highest BCUT2D eigenvalue weighted by Crippen LogP contribution is 2.29. The van der Waals surface area contributed by atoms with Crippen molar-refractivity contribution in [3.63, 3.8) is 0 Å². The summed E-state index contributed by atoms with van der Waals surface area (Å²) < 4.78 is 7.64. The van der Waals surface area contributed by atoms with Gasteiger partial charge in [-0.2, -0.15) is 0 Å². The number of amides is 1. The van der Waals surface area contributed by atoms with Gasteiger partial charge < -0.3 is 9.64 Å². The molecule has 4 rings (SSSR count). The molecule has 2 heterocycles. The fraction of sp³-hybridized carbons (Fsp3) is 0.625. The molecule has 1 saturated heterocycles. The molecule has 1 aliphatic heterocycles. The normalized spacial score (nSPS) is 19.9. The van der Waals surface area contributed by atoms with Gasteiger partial charge in [0.1, 0.15) is 18.1 Å². The van der Waals surface area contributed by atoms with Gasteiger partial charge in [0, 0.05) is 25.6 Å². The molecule has 1 amide bonds. The Balaban J connectivity index is 1.24. The molecule has 6 nitrogen and oxygen atoms in total. The average Bonchev–Trinajstić information content (AvgIpc) is 3.48. The summed E-state index contributed by atoms with van der Waals surface area (Å²) in [4.78, 5) is 15.0. The van der Waals surface area contributed by atoms with E-state index in [1.54, 1.807) is 0 Å². The summed E-state index contributed by atoms with van der Waals surface area (Å²) in [7, 11) is 0. The van der Waals surface area contributed by atoms with Gasteiger partial charge in [0.25, 0.3) is 0 Å². The van der Waals surface area contributed by atoms with Gasteiger partial charge in [-0.1, -0.05) is 49.1 Å². The van der Waals surface area contributed by atoms with E-state index in [1.807, 2.05) is 41.2 Å². The first-order valence-electron chi connectivity index (χ1n) is 11.6. The third-order valence-corrected chi connectivity index (χ3v) is 6.60. The molecule has 1 aliphatic carbocycles. The molecule has 0 N–H and O–H groups in total. The molecule has 1 atom stereocenters. The van der Waals surface area contributed by atoms with Gasteiger partial charge in [-0.05, 0) is 50.2 Å². The van der Waals surface area contributed by atoms with Crippen molar-refractivity contribution in [1.29, 1.82) is 0 Å². The van der Waals surface area contributed by atoms with E-state index in [0.29, 0.717) is 18.6 Å². The van der Waals surface area contributed by atoms with Crippen molar-refractivity contribution in [1.82, 2.24) is 19.9 Å². The number of piperidine rings is 1. The zero-order valence-electron chi connectivity index (χ0n) is 17.9. The number of benzene rings is 1. The van der Waals surface area contributed by atoms with E-state index in [9.17, 15) is 4.79 Å². The summed E-state index contributed by atoms with van der Waals surface area (Å²) >= 11 is 0. The predicted octanol–water partition coefficient (Wildman–Crippen LogP) is 4.60. The Bertz CT molecular complexity index is 786. The monoisotopic (exact) mass is 410 g/mol. The second kappa shape index (κ2) is 10.6. The highest BCUT2D eigenvalue weighted by Gasteiger charge is 2.27. The van der Waals surface area contributed by atoms with Crippen LogP contribution in [0.1, 0.15) is 69.9 Å². The van der Waals surface area contributed by atoms with Crippen LogP contribution in [0.3, 0.4) is 0 Å². The molecule has 0 bridgehead atoms. The van der Waals surface area contributed by atoms with Crippen LogP contribution in [0.25, 0.3) is 0 Å². The Labute approximate surface area is 179 Å². The molecular formula is C24H34N4O2. The molecule has 1 aromatic carbocycles. The number of nitrogens with zero attached hydrogens (tertiary/aromatic N) is 4. The Morgan fingerprint density at radius 1 is 1.03 bits per heavy atom. The minimum atomic E-state index is 0.336. The maximum atomic E-state index is 12.9. The average molecular weight is 411 g/mol. The van der Waals surface area contributed by atoms with E-state index in [2.05, 4.69) is 15.2 Å². The van der Waals surface area contributed by atoms with E-state index >= 15 is 0 Å². The molecule has 0 spiro atoms. The number of aryl methyl sites for hydroxylation is 1. The van der Waals surface area contributed by atoms with Gasteiger partial charge in [0.15, 0.2) is 0 Å². The lowest BCUT2D eigenvalue weighted by molar-refractivity contribution is -0.135. The molecule has 1 saturated carbocycles. The maximum absolute atomic E-state index is 12.9. The molecular weight excluding hydrogens is 376 g/mol. The fourth-order valence-electron chi connectivity index (χ4n) is 4.87. The van der Waals surface area contributed by atoms with Crippen molar-refractivity contribution >= 4 is 5.91 Å². The predicted molar refractivity (Wildman–Crippen MR) is 116 cm³/mol. The maximum Gasteiger partial charge on any atom is 0.222 e. The third-order valence-electron chi connectivity index (χ3n) is 6.60. The zero-order valence-corrected chi connectivity index (χ0v) is 17.9. The van der Waals surface area contributed by atoms with Gasteiger partial charge >= 0.3 is 0 Å². The van der Waals surface area contributed by atoms with E-state index < -0.39 is 0 Å². The number of carbonyl (C=O) groups excluding carboxylic acids is 1. The third kappa shape index (κ3) is 5.83. The summed E-state index contributed by atoms with van der Waals surface area (Å²) in [6, 6.07) is 10.1. The summed E-state index contributed by atoms with van der Waals surface area (Å²) in [6.45, 7) is 2.12. The van der Waals surface area contributed by atoms with Crippen molar-refractivity contribution in [3.8, 4) is 5.75 Å². The molecule has 2 aromatic rings. The number of carbonyl (C=O) groups is 1. The SMILES string of the molecule is O=C(CCC1CCCC1)N1CCCCC1CCn1cc(COc2ccccc2)nn1. The van der Waals surface area contributed by atoms with Gasteiger partial charge in [0.2, 0.25) is 5.91 Å². The second-order valence-corrected chi connectivity index (χ2v) is 8.79. The Kier molecular flexibility index (Phi) is 7.38. The summed E-state index contributed by atoms with van der Waals surface area (Å²) in [5, 5.41) is 8.48. The van der Waals surface area contributed by atoms with Crippen LogP contribution >= 0.6 is 0 Å². The van der Waals surface area contributed by atoms with Crippen molar-refractivity contribution < 1.29 is 9.53 Å². The number of hydrogen-bond acceptors (Lipinski definition) is 4. The minimum absolute atomic E-state index is 0.336. The van der Waals surface area contributed by atoms with Crippen LogP contribution in [0.4, 0.5) is 0 Å². The number of para-hydroxylation sites is 1. The molecule has 6 heteroatoms. The quantitative estimate of drug-likeness (QED) is 0.606. The molecule has 2 aliphatic rings. The molecule has 30 heavy (non-hydrogen) atoms. The highest BCUT2D eigenvalue weighted by molar-refractivity contribution is 5.76. The first-order valence-corrected chi connectivity index (χ1v) is 11.6. The fourth-order valence-corrected chi connectivity index (χ4v) is 4.87. The summed E-state index contributed by atoms with van der Waals surface area (Å²) in [5.74, 6) is 1.98. The molecule has 1 unspecified atom stereocenters. The van der Waals surface area contributed by atoms with Crippen molar-refractivity contribution in [2.75, 3.05) is 6.54 Å². The van der Waals surface area contributed by atoms with E-state index in [-0.39, 0.29) is 0 Å². The van der Waals surface area contributed by atoms with Crippen LogP contribution in [0.15, 0.2) is 36.5 Å². The lowest BCUT2D eigenvalue weighted by Gasteiger charge is -2.36. The first-order chi connectivity index (χ1) is 14.8. The van der Waals surface area contributed by atoms with Crippen molar-refractivity contribution in [2.24, 2.45) is 5.92 Å². The van der Waals surface area contributed by atoms with Gasteiger partial charge in [-0.25, -0.2) is 0 Å². The van der Waals surface area contributed by atoms with Crippen LogP contribution in [0.2, 0.25) is 0 Å². The van der Waals surface area contributed by atoms with E-state index in [1.165, 1.54) is 32.1 Å². The Morgan fingerprint density at radius 3 is 2.67 bits per heavy atom. The summed E-state index contributed by atoms with van der Waals surface area (Å²) in [6.07, 6.45) is 13.5.